The Labute approximate surface area is 111 Å². The summed E-state index contributed by atoms with van der Waals surface area (Å²) in [5, 5.41) is 0. The molecule has 0 saturated heterocycles. The minimum atomic E-state index is -0.503. The summed E-state index contributed by atoms with van der Waals surface area (Å²) in [7, 11) is 2.93. The van der Waals surface area contributed by atoms with Gasteiger partial charge < -0.3 is 4.74 Å². The number of hydrogen-bond donors (Lipinski definition) is 0. The number of carbonyl (C=O) groups excluding carboxylic acids is 1. The zero-order valence-electron chi connectivity index (χ0n) is 9.01. The first-order valence-corrected chi connectivity index (χ1v) is 6.21. The van der Waals surface area contributed by atoms with E-state index in [1.165, 1.54) is 21.6 Å². The maximum Gasteiger partial charge on any atom is 0.302 e. The van der Waals surface area contributed by atoms with Crippen LogP contribution in [-0.2, 0) is 34.7 Å². The maximum absolute atomic E-state index is 10.8. The van der Waals surface area contributed by atoms with Crippen molar-refractivity contribution in [1.29, 1.82) is 0 Å². The molecule has 0 fully saturated rings. The minimum Gasteiger partial charge on any atom is -0.461 e. The van der Waals surface area contributed by atoms with E-state index in [0.29, 0.717) is 0 Å². The van der Waals surface area contributed by atoms with Crippen molar-refractivity contribution in [1.82, 2.24) is 0 Å². The Balaban J connectivity index is 0.00000225. The fraction of sp³-hybridized carbons (Fsp3) is 0.200. The van der Waals surface area contributed by atoms with Gasteiger partial charge in [0.15, 0.2) is 0 Å². The van der Waals surface area contributed by atoms with Gasteiger partial charge in [-0.25, -0.2) is 0 Å². The Bertz CT molecular complexity index is 336. The molecule has 2 nitrogen and oxygen atoms in total. The maximum atomic E-state index is 10.8. The summed E-state index contributed by atoms with van der Waals surface area (Å²) in [5.74, 6) is -0.503. The zero-order valence-corrected chi connectivity index (χ0v) is 11.0. The molecular formula is C10H11O2S2V-. The van der Waals surface area contributed by atoms with E-state index >= 15 is 0 Å². The Morgan fingerprint density at radius 2 is 2.33 bits per heavy atom. The van der Waals surface area contributed by atoms with Crippen LogP contribution >= 0.6 is 21.6 Å². The van der Waals surface area contributed by atoms with Crippen LogP contribution in [0.3, 0.4) is 0 Å². The normalized spacial score (nSPS) is 10.1. The van der Waals surface area contributed by atoms with Crippen molar-refractivity contribution in [2.75, 3.05) is 0 Å². The fourth-order valence-corrected chi connectivity index (χ4v) is 2.29. The molecule has 0 spiro atoms. The average Bonchev–Trinajstić information content (AvgIpc) is 2.28. The van der Waals surface area contributed by atoms with Crippen LogP contribution in [0.5, 0.6) is 0 Å². The van der Waals surface area contributed by atoms with Gasteiger partial charge in [0, 0.05) is 37.3 Å². The summed E-state index contributed by atoms with van der Waals surface area (Å²) in [4.78, 5) is 11.9. The third-order valence-corrected chi connectivity index (χ3v) is 3.10. The van der Waals surface area contributed by atoms with Crippen molar-refractivity contribution in [3.05, 3.63) is 36.1 Å². The quantitative estimate of drug-likeness (QED) is 0.480. The second-order valence-electron chi connectivity index (χ2n) is 2.47. The smallest absolute Gasteiger partial charge is 0.302 e. The SMILES string of the molecule is [2H]CC(=O)OCc1ccccc1SS[CH2-].[V]. The van der Waals surface area contributed by atoms with Crippen LogP contribution in [-0.4, -0.2) is 5.97 Å². The van der Waals surface area contributed by atoms with Crippen molar-refractivity contribution in [3.8, 4) is 0 Å². The molecule has 1 radical (unpaired) electrons. The molecule has 0 amide bonds. The van der Waals surface area contributed by atoms with Gasteiger partial charge in [0.2, 0.25) is 0 Å². The third kappa shape index (κ3) is 5.57. The van der Waals surface area contributed by atoms with Crippen LogP contribution in [0.25, 0.3) is 0 Å². The van der Waals surface area contributed by atoms with Gasteiger partial charge in [0.05, 0.1) is 0 Å². The fourth-order valence-electron chi connectivity index (χ4n) is 0.926. The average molecular weight is 279 g/mol. The molecule has 0 saturated carbocycles. The van der Waals surface area contributed by atoms with Crippen LogP contribution in [0.4, 0.5) is 0 Å². The molecule has 0 aliphatic rings. The molecule has 0 atom stereocenters. The Morgan fingerprint density at radius 1 is 1.60 bits per heavy atom. The predicted octanol–water partition coefficient (Wildman–Crippen LogP) is 3.28. The molecule has 1 aromatic carbocycles. The van der Waals surface area contributed by atoms with E-state index in [1.807, 2.05) is 24.3 Å². The number of carbonyl (C=O) groups is 1. The van der Waals surface area contributed by atoms with Gasteiger partial charge >= 0.3 is 5.97 Å². The minimum absolute atomic E-state index is 0. The van der Waals surface area contributed by atoms with Gasteiger partial charge in [-0.1, -0.05) is 29.0 Å². The van der Waals surface area contributed by atoms with E-state index in [0.717, 1.165) is 10.5 Å². The number of benzene rings is 1. The Morgan fingerprint density at radius 3 is 3.00 bits per heavy atom. The van der Waals surface area contributed by atoms with Gasteiger partial charge in [0.1, 0.15) is 6.61 Å². The number of ether oxygens (including phenoxy) is 1. The molecule has 0 aliphatic carbocycles. The predicted molar refractivity (Wildman–Crippen MR) is 60.7 cm³/mol. The molecule has 1 aromatic rings. The number of esters is 1. The van der Waals surface area contributed by atoms with Crippen LogP contribution in [0.15, 0.2) is 29.2 Å². The molecule has 81 valence electrons. The van der Waals surface area contributed by atoms with E-state index in [4.69, 9.17) is 6.11 Å². The van der Waals surface area contributed by atoms with Crippen molar-refractivity contribution in [3.63, 3.8) is 0 Å². The Hall–Kier alpha value is -0.0256. The second kappa shape index (κ2) is 8.16. The first-order valence-electron chi connectivity index (χ1n) is 4.60. The summed E-state index contributed by atoms with van der Waals surface area (Å²) in [6.45, 7) is -0.110. The molecular weight excluding hydrogens is 267 g/mol. The van der Waals surface area contributed by atoms with Crippen molar-refractivity contribution in [2.45, 2.75) is 18.4 Å². The molecule has 0 unspecified atom stereocenters. The Kier molecular flexibility index (Phi) is 7.10. The van der Waals surface area contributed by atoms with Crippen LogP contribution in [0, 0.1) is 6.26 Å². The van der Waals surface area contributed by atoms with Gasteiger partial charge in [-0.15, -0.1) is 0 Å². The number of rotatable bonds is 4. The summed E-state index contributed by atoms with van der Waals surface area (Å²) < 4.78 is 11.7. The van der Waals surface area contributed by atoms with Gasteiger partial charge in [-0.2, -0.15) is 0 Å². The number of hydrogen-bond acceptors (Lipinski definition) is 4. The second-order valence-corrected chi connectivity index (χ2v) is 4.52. The van der Waals surface area contributed by atoms with Gasteiger partial charge in [-0.05, 0) is 6.07 Å². The summed E-state index contributed by atoms with van der Waals surface area (Å²) in [5.41, 5.74) is 0.945. The molecule has 0 bridgehead atoms. The molecule has 0 N–H and O–H groups in total. The van der Waals surface area contributed by atoms with E-state index < -0.39 is 5.97 Å². The molecule has 1 rings (SSSR count). The molecule has 0 heterocycles. The summed E-state index contributed by atoms with van der Waals surface area (Å²) in [6, 6.07) is 7.67. The molecule has 0 aromatic heterocycles. The first-order chi connectivity index (χ1) is 7.27. The topological polar surface area (TPSA) is 26.3 Å². The van der Waals surface area contributed by atoms with Crippen LogP contribution < -0.4 is 0 Å². The molecule has 15 heavy (non-hydrogen) atoms. The van der Waals surface area contributed by atoms with Crippen LogP contribution in [0.1, 0.15) is 13.8 Å². The van der Waals surface area contributed by atoms with Gasteiger partial charge in [0.25, 0.3) is 0 Å². The van der Waals surface area contributed by atoms with Crippen molar-refractivity contribution in [2.24, 2.45) is 0 Å². The zero-order chi connectivity index (χ0) is 11.1. The van der Waals surface area contributed by atoms with E-state index in [2.05, 4.69) is 6.26 Å². The van der Waals surface area contributed by atoms with E-state index in [1.54, 1.807) is 0 Å². The van der Waals surface area contributed by atoms with Crippen molar-refractivity contribution < 1.29 is 29.5 Å². The van der Waals surface area contributed by atoms with E-state index in [-0.39, 0.29) is 32.1 Å². The third-order valence-electron chi connectivity index (χ3n) is 1.51. The summed E-state index contributed by atoms with van der Waals surface area (Å²) >= 11 is 0. The molecule has 5 heteroatoms. The van der Waals surface area contributed by atoms with Gasteiger partial charge in [-0.3, -0.25) is 21.8 Å². The molecule has 0 aliphatic heterocycles. The van der Waals surface area contributed by atoms with Crippen LogP contribution in [0.2, 0.25) is 0 Å². The first kappa shape index (κ1) is 13.0. The van der Waals surface area contributed by atoms with E-state index in [9.17, 15) is 4.79 Å². The monoisotopic (exact) mass is 279 g/mol. The largest absolute Gasteiger partial charge is 0.461 e. The standard InChI is InChI=1S/C10H11O2S2.V/c1-8(11)12-7-9-5-3-4-6-10(9)14-13-2;/h3-6H,2,7H2,1H3;/q-1;/i1D;. The summed E-state index contributed by atoms with van der Waals surface area (Å²) in [6.07, 6.45) is 3.68. The van der Waals surface area contributed by atoms with Crippen molar-refractivity contribution >= 4 is 27.6 Å².